The summed E-state index contributed by atoms with van der Waals surface area (Å²) < 4.78 is 10.8. The van der Waals surface area contributed by atoms with Crippen LogP contribution in [0.2, 0.25) is 5.02 Å². The van der Waals surface area contributed by atoms with Gasteiger partial charge in [0.2, 0.25) is 0 Å². The molecule has 0 aliphatic rings. The first-order valence-electron chi connectivity index (χ1n) is 10.1. The second-order valence-corrected chi connectivity index (χ2v) is 7.70. The minimum Gasteiger partial charge on any atom is -0.480 e. The van der Waals surface area contributed by atoms with Crippen LogP contribution >= 0.6 is 11.6 Å². The molecular formula is C23H22ClN3O7. The third-order valence-corrected chi connectivity index (χ3v) is 5.26. The van der Waals surface area contributed by atoms with Crippen molar-refractivity contribution < 1.29 is 33.9 Å². The molecule has 34 heavy (non-hydrogen) atoms. The monoisotopic (exact) mass is 487 g/mol. The largest absolute Gasteiger partial charge is 0.480 e. The highest BCUT2D eigenvalue weighted by molar-refractivity contribution is 6.31. The summed E-state index contributed by atoms with van der Waals surface area (Å²) >= 11 is 6.16. The lowest BCUT2D eigenvalue weighted by Gasteiger charge is -2.15. The topological polar surface area (TPSA) is 151 Å². The van der Waals surface area contributed by atoms with Crippen LogP contribution in [-0.4, -0.2) is 46.0 Å². The molecule has 1 heterocycles. The van der Waals surface area contributed by atoms with Crippen LogP contribution in [0.15, 0.2) is 53.1 Å². The molecule has 4 N–H and O–H groups in total. The summed E-state index contributed by atoms with van der Waals surface area (Å²) in [4.78, 5) is 35.7. The number of halogens is 1. The minimum absolute atomic E-state index is 0.169. The van der Waals surface area contributed by atoms with E-state index in [-0.39, 0.29) is 11.3 Å². The number of nitrogens with one attached hydrogen (secondary N) is 2. The number of aryl methyl sites for hydroxylation is 1. The first-order valence-corrected chi connectivity index (χ1v) is 10.5. The fourth-order valence-electron chi connectivity index (χ4n) is 3.07. The van der Waals surface area contributed by atoms with Crippen LogP contribution < -0.4 is 10.6 Å². The normalized spacial score (nSPS) is 12.5. The molecule has 2 atom stereocenters. The molecule has 0 spiro atoms. The van der Waals surface area contributed by atoms with Gasteiger partial charge in [0.1, 0.15) is 17.5 Å². The van der Waals surface area contributed by atoms with E-state index >= 15 is 0 Å². The molecule has 2 amide bonds. The van der Waals surface area contributed by atoms with Crippen LogP contribution in [0.1, 0.15) is 34.6 Å². The van der Waals surface area contributed by atoms with E-state index in [0.29, 0.717) is 27.5 Å². The van der Waals surface area contributed by atoms with Crippen LogP contribution in [0.25, 0.3) is 11.3 Å². The Bertz CT molecular complexity index is 1190. The molecule has 0 aliphatic heterocycles. The SMILES string of the molecule is Cc1noc(-c2ccc(C(=O)NC(CO)C(=O)O)cc2)c1NC(=O)OC(C)c1ccccc1Cl. The third kappa shape index (κ3) is 5.72. The van der Waals surface area contributed by atoms with Crippen molar-refractivity contribution in [3.05, 3.63) is 70.4 Å². The number of aliphatic hydroxyl groups is 1. The number of carboxylic acid groups (broad SMARTS) is 1. The number of ether oxygens (including phenoxy) is 1. The molecule has 10 nitrogen and oxygen atoms in total. The summed E-state index contributed by atoms with van der Waals surface area (Å²) in [6.45, 7) is 2.59. The maximum absolute atomic E-state index is 12.5. The maximum Gasteiger partial charge on any atom is 0.412 e. The number of benzene rings is 2. The van der Waals surface area contributed by atoms with Gasteiger partial charge >= 0.3 is 12.1 Å². The standard InChI is InChI=1S/C23H22ClN3O7/c1-12-19(26-23(32)33-13(2)16-5-3-4-6-17(16)24)20(34-27-12)14-7-9-15(10-8-14)21(29)25-18(11-28)22(30)31/h3-10,13,18,28H,11H2,1-2H3,(H,25,29)(H,26,32)(H,30,31). The molecule has 0 saturated carbocycles. The van der Waals surface area contributed by atoms with Gasteiger partial charge in [-0.3, -0.25) is 10.1 Å². The molecule has 0 radical (unpaired) electrons. The predicted molar refractivity (Wildman–Crippen MR) is 123 cm³/mol. The van der Waals surface area contributed by atoms with Gasteiger partial charge in [0.15, 0.2) is 11.8 Å². The highest BCUT2D eigenvalue weighted by atomic mass is 35.5. The van der Waals surface area contributed by atoms with E-state index in [0.717, 1.165) is 0 Å². The van der Waals surface area contributed by atoms with Crippen molar-refractivity contribution >= 4 is 35.3 Å². The number of anilines is 1. The fourth-order valence-corrected chi connectivity index (χ4v) is 3.36. The summed E-state index contributed by atoms with van der Waals surface area (Å²) in [7, 11) is 0. The van der Waals surface area contributed by atoms with Crippen molar-refractivity contribution in [2.45, 2.75) is 26.0 Å². The van der Waals surface area contributed by atoms with Crippen molar-refractivity contribution in [2.24, 2.45) is 0 Å². The number of nitrogens with zero attached hydrogens (tertiary/aromatic N) is 1. The molecular weight excluding hydrogens is 466 g/mol. The Labute approximate surface area is 199 Å². The lowest BCUT2D eigenvalue weighted by atomic mass is 10.1. The van der Waals surface area contributed by atoms with Crippen LogP contribution in [-0.2, 0) is 9.53 Å². The van der Waals surface area contributed by atoms with Gasteiger partial charge in [0.25, 0.3) is 5.91 Å². The number of carboxylic acids is 1. The van der Waals surface area contributed by atoms with Gasteiger partial charge in [-0.2, -0.15) is 0 Å². The van der Waals surface area contributed by atoms with E-state index < -0.39 is 36.7 Å². The average Bonchev–Trinajstić information content (AvgIpc) is 3.17. The molecule has 3 rings (SSSR count). The van der Waals surface area contributed by atoms with E-state index in [1.165, 1.54) is 12.1 Å². The predicted octanol–water partition coefficient (Wildman–Crippen LogP) is 3.79. The number of rotatable bonds is 8. The van der Waals surface area contributed by atoms with Gasteiger partial charge in [-0.1, -0.05) is 47.1 Å². The number of amides is 2. The van der Waals surface area contributed by atoms with Crippen LogP contribution in [0, 0.1) is 6.92 Å². The number of hydrogen-bond acceptors (Lipinski definition) is 7. The summed E-state index contributed by atoms with van der Waals surface area (Å²) in [5.74, 6) is -1.78. The maximum atomic E-state index is 12.5. The lowest BCUT2D eigenvalue weighted by molar-refractivity contribution is -0.140. The minimum atomic E-state index is -1.42. The zero-order chi connectivity index (χ0) is 24.8. The van der Waals surface area contributed by atoms with Crippen molar-refractivity contribution in [2.75, 3.05) is 11.9 Å². The molecule has 0 saturated heterocycles. The van der Waals surface area contributed by atoms with Crippen molar-refractivity contribution in [3.63, 3.8) is 0 Å². The Kier molecular flexibility index (Phi) is 7.87. The number of aromatic nitrogens is 1. The molecule has 1 aromatic heterocycles. The number of hydrogen-bond donors (Lipinski definition) is 4. The van der Waals surface area contributed by atoms with Crippen LogP contribution in [0.4, 0.5) is 10.5 Å². The third-order valence-electron chi connectivity index (χ3n) is 4.91. The van der Waals surface area contributed by atoms with E-state index in [4.69, 9.17) is 31.1 Å². The Balaban J connectivity index is 1.73. The average molecular weight is 488 g/mol. The van der Waals surface area contributed by atoms with E-state index in [1.54, 1.807) is 50.2 Å². The highest BCUT2D eigenvalue weighted by Gasteiger charge is 2.22. The second-order valence-electron chi connectivity index (χ2n) is 7.29. The Morgan fingerprint density at radius 3 is 2.44 bits per heavy atom. The number of carbonyl (C=O) groups excluding carboxylic acids is 2. The number of aliphatic carboxylic acids is 1. The van der Waals surface area contributed by atoms with Gasteiger partial charge in [0, 0.05) is 21.7 Å². The number of aliphatic hydroxyl groups excluding tert-OH is 1. The molecule has 0 aliphatic carbocycles. The zero-order valence-corrected chi connectivity index (χ0v) is 19.0. The van der Waals surface area contributed by atoms with Crippen molar-refractivity contribution in [1.82, 2.24) is 10.5 Å². The summed E-state index contributed by atoms with van der Waals surface area (Å²) in [5, 5.41) is 27.2. The Hall–Kier alpha value is -3.89. The Morgan fingerprint density at radius 1 is 1.15 bits per heavy atom. The van der Waals surface area contributed by atoms with E-state index in [9.17, 15) is 14.4 Å². The van der Waals surface area contributed by atoms with Gasteiger partial charge in [-0.05, 0) is 32.0 Å². The van der Waals surface area contributed by atoms with Gasteiger partial charge in [-0.15, -0.1) is 0 Å². The fraction of sp³-hybridized carbons (Fsp3) is 0.217. The lowest BCUT2D eigenvalue weighted by Crippen LogP contribution is -2.43. The van der Waals surface area contributed by atoms with E-state index in [1.807, 2.05) is 0 Å². The summed E-state index contributed by atoms with van der Waals surface area (Å²) in [6.07, 6.45) is -1.34. The first-order chi connectivity index (χ1) is 16.2. The smallest absolute Gasteiger partial charge is 0.412 e. The molecule has 3 aromatic rings. The second kappa shape index (κ2) is 10.8. The van der Waals surface area contributed by atoms with Crippen molar-refractivity contribution in [3.8, 4) is 11.3 Å². The number of carbonyl (C=O) groups is 3. The Morgan fingerprint density at radius 2 is 1.82 bits per heavy atom. The summed E-state index contributed by atoms with van der Waals surface area (Å²) in [6, 6.07) is 11.6. The molecule has 2 unspecified atom stereocenters. The molecule has 0 fully saturated rings. The quantitative estimate of drug-likeness (QED) is 0.374. The van der Waals surface area contributed by atoms with Crippen molar-refractivity contribution in [1.29, 1.82) is 0 Å². The molecule has 11 heteroatoms. The molecule has 178 valence electrons. The van der Waals surface area contributed by atoms with E-state index in [2.05, 4.69) is 15.8 Å². The van der Waals surface area contributed by atoms with Crippen LogP contribution in [0.5, 0.6) is 0 Å². The summed E-state index contributed by atoms with van der Waals surface area (Å²) in [5.41, 5.74) is 2.03. The highest BCUT2D eigenvalue weighted by Crippen LogP contribution is 2.32. The zero-order valence-electron chi connectivity index (χ0n) is 18.2. The van der Waals surface area contributed by atoms with Gasteiger partial charge in [-0.25, -0.2) is 9.59 Å². The van der Waals surface area contributed by atoms with Crippen LogP contribution in [0.3, 0.4) is 0 Å². The first kappa shape index (κ1) is 24.7. The molecule has 2 aromatic carbocycles. The van der Waals surface area contributed by atoms with Gasteiger partial charge < -0.3 is 24.8 Å². The molecule has 0 bridgehead atoms. The van der Waals surface area contributed by atoms with Gasteiger partial charge in [0.05, 0.1) is 6.61 Å².